The largest absolute Gasteiger partial charge is 0.215 e. The smallest absolute Gasteiger partial charge is 0.214 e. The SMILES string of the molecule is CCCCCCCCCNS(=O)(=O)C1CC1. The summed E-state index contributed by atoms with van der Waals surface area (Å²) in [7, 11) is -2.94. The van der Waals surface area contributed by atoms with Crippen molar-refractivity contribution < 1.29 is 8.42 Å². The Morgan fingerprint density at radius 3 is 2.12 bits per heavy atom. The summed E-state index contributed by atoms with van der Waals surface area (Å²) >= 11 is 0. The Morgan fingerprint density at radius 1 is 1.00 bits per heavy atom. The Hall–Kier alpha value is -0.0900. The third-order valence-corrected chi connectivity index (χ3v) is 5.00. The molecule has 0 aromatic carbocycles. The molecule has 1 fully saturated rings. The van der Waals surface area contributed by atoms with Crippen LogP contribution in [0.15, 0.2) is 0 Å². The molecule has 3 nitrogen and oxygen atoms in total. The van der Waals surface area contributed by atoms with E-state index in [2.05, 4.69) is 11.6 Å². The molecule has 0 spiro atoms. The summed E-state index contributed by atoms with van der Waals surface area (Å²) in [5, 5.41) is -0.0722. The summed E-state index contributed by atoms with van der Waals surface area (Å²) in [5.41, 5.74) is 0. The van der Waals surface area contributed by atoms with E-state index < -0.39 is 10.0 Å². The fourth-order valence-electron chi connectivity index (χ4n) is 1.79. The number of hydrogen-bond acceptors (Lipinski definition) is 2. The summed E-state index contributed by atoms with van der Waals surface area (Å²) in [6.45, 7) is 2.85. The van der Waals surface area contributed by atoms with Crippen LogP contribution in [0.25, 0.3) is 0 Å². The van der Waals surface area contributed by atoms with Gasteiger partial charge in [-0.25, -0.2) is 13.1 Å². The van der Waals surface area contributed by atoms with Crippen LogP contribution < -0.4 is 4.72 Å². The van der Waals surface area contributed by atoms with Crippen molar-refractivity contribution in [1.82, 2.24) is 4.72 Å². The summed E-state index contributed by atoms with van der Waals surface area (Å²) in [4.78, 5) is 0. The fraction of sp³-hybridized carbons (Fsp3) is 1.00. The van der Waals surface area contributed by atoms with Gasteiger partial charge in [-0.2, -0.15) is 0 Å². The Balaban J connectivity index is 1.88. The molecule has 0 unspecified atom stereocenters. The van der Waals surface area contributed by atoms with Crippen LogP contribution in [-0.2, 0) is 10.0 Å². The summed E-state index contributed by atoms with van der Waals surface area (Å²) in [5.74, 6) is 0. The number of unbranched alkanes of at least 4 members (excludes halogenated alkanes) is 6. The second-order valence-corrected chi connectivity index (χ2v) is 6.81. The summed E-state index contributed by atoms with van der Waals surface area (Å²) in [6, 6.07) is 0. The molecule has 1 rings (SSSR count). The monoisotopic (exact) mass is 247 g/mol. The first-order valence-electron chi connectivity index (χ1n) is 6.65. The molecule has 96 valence electrons. The molecule has 1 aliphatic carbocycles. The first-order chi connectivity index (χ1) is 7.67. The van der Waals surface area contributed by atoms with E-state index >= 15 is 0 Å². The second kappa shape index (κ2) is 7.28. The maximum absolute atomic E-state index is 11.5. The average Bonchev–Trinajstić information content (AvgIpc) is 3.05. The van der Waals surface area contributed by atoms with Crippen molar-refractivity contribution in [3.05, 3.63) is 0 Å². The molecule has 1 saturated carbocycles. The molecule has 0 amide bonds. The quantitative estimate of drug-likeness (QED) is 0.603. The fourth-order valence-corrected chi connectivity index (χ4v) is 3.21. The van der Waals surface area contributed by atoms with Crippen molar-refractivity contribution >= 4 is 10.0 Å². The first kappa shape index (κ1) is 14.0. The van der Waals surface area contributed by atoms with Gasteiger partial charge in [0, 0.05) is 6.54 Å². The lowest BCUT2D eigenvalue weighted by Crippen LogP contribution is -2.28. The number of nitrogens with one attached hydrogen (secondary N) is 1. The van der Waals surface area contributed by atoms with E-state index in [4.69, 9.17) is 0 Å². The Morgan fingerprint density at radius 2 is 1.56 bits per heavy atom. The molecule has 1 aliphatic rings. The van der Waals surface area contributed by atoms with Crippen LogP contribution in [0.4, 0.5) is 0 Å². The Bertz CT molecular complexity index is 271. The molecular formula is C12H25NO2S. The highest BCUT2D eigenvalue weighted by Crippen LogP contribution is 2.27. The molecule has 0 saturated heterocycles. The molecule has 0 aliphatic heterocycles. The minimum Gasteiger partial charge on any atom is -0.215 e. The summed E-state index contributed by atoms with van der Waals surface area (Å²) in [6.07, 6.45) is 10.3. The number of sulfonamides is 1. The van der Waals surface area contributed by atoms with Crippen LogP contribution in [0.1, 0.15) is 64.7 Å². The molecule has 0 bridgehead atoms. The molecule has 1 N–H and O–H groups in total. The highest BCUT2D eigenvalue weighted by atomic mass is 32.2. The van der Waals surface area contributed by atoms with E-state index in [1.54, 1.807) is 0 Å². The summed E-state index contributed by atoms with van der Waals surface area (Å²) < 4.78 is 25.6. The number of hydrogen-bond donors (Lipinski definition) is 1. The predicted molar refractivity (Wildman–Crippen MR) is 67.9 cm³/mol. The highest BCUT2D eigenvalue weighted by Gasteiger charge is 2.34. The van der Waals surface area contributed by atoms with Gasteiger partial charge in [0.15, 0.2) is 0 Å². The van der Waals surface area contributed by atoms with Gasteiger partial charge in [-0.3, -0.25) is 0 Å². The maximum Gasteiger partial charge on any atom is 0.214 e. The van der Waals surface area contributed by atoms with Gasteiger partial charge in [0.1, 0.15) is 0 Å². The molecule has 0 aromatic heterocycles. The van der Waals surface area contributed by atoms with Crippen LogP contribution in [0, 0.1) is 0 Å². The van der Waals surface area contributed by atoms with Crippen LogP contribution in [0.5, 0.6) is 0 Å². The van der Waals surface area contributed by atoms with Crippen LogP contribution in [0.3, 0.4) is 0 Å². The predicted octanol–water partition coefficient (Wildman–Crippen LogP) is 2.82. The zero-order chi connectivity index (χ0) is 11.9. The van der Waals surface area contributed by atoms with Crippen molar-refractivity contribution in [3.63, 3.8) is 0 Å². The standard InChI is InChI=1S/C12H25NO2S/c1-2-3-4-5-6-7-8-11-13-16(14,15)12-9-10-12/h12-13H,2-11H2,1H3. The zero-order valence-electron chi connectivity index (χ0n) is 10.4. The highest BCUT2D eigenvalue weighted by molar-refractivity contribution is 7.90. The van der Waals surface area contributed by atoms with Crippen molar-refractivity contribution in [1.29, 1.82) is 0 Å². The minimum atomic E-state index is -2.94. The van der Waals surface area contributed by atoms with Gasteiger partial charge < -0.3 is 0 Å². The van der Waals surface area contributed by atoms with E-state index in [9.17, 15) is 8.42 Å². The van der Waals surface area contributed by atoms with Crippen molar-refractivity contribution in [3.8, 4) is 0 Å². The molecule has 4 heteroatoms. The minimum absolute atomic E-state index is 0.0722. The maximum atomic E-state index is 11.5. The second-order valence-electron chi connectivity index (χ2n) is 4.76. The van der Waals surface area contributed by atoms with E-state index in [1.807, 2.05) is 0 Å². The topological polar surface area (TPSA) is 46.2 Å². The average molecular weight is 247 g/mol. The van der Waals surface area contributed by atoms with Gasteiger partial charge >= 0.3 is 0 Å². The lowest BCUT2D eigenvalue weighted by Gasteiger charge is -2.05. The van der Waals surface area contributed by atoms with E-state index in [-0.39, 0.29) is 5.25 Å². The van der Waals surface area contributed by atoms with Crippen molar-refractivity contribution in [2.24, 2.45) is 0 Å². The number of rotatable bonds is 10. The molecule has 0 aromatic rings. The Labute approximate surface area is 100 Å². The lowest BCUT2D eigenvalue weighted by molar-refractivity contribution is 0.562. The third kappa shape index (κ3) is 5.85. The Kier molecular flexibility index (Phi) is 6.36. The molecule has 0 heterocycles. The first-order valence-corrected chi connectivity index (χ1v) is 8.20. The molecule has 0 atom stereocenters. The van der Waals surface area contributed by atoms with Crippen LogP contribution in [0.2, 0.25) is 0 Å². The van der Waals surface area contributed by atoms with E-state index in [0.29, 0.717) is 6.54 Å². The van der Waals surface area contributed by atoms with Crippen LogP contribution >= 0.6 is 0 Å². The van der Waals surface area contributed by atoms with Gasteiger partial charge in [0.25, 0.3) is 0 Å². The van der Waals surface area contributed by atoms with E-state index in [1.165, 1.54) is 32.1 Å². The zero-order valence-corrected chi connectivity index (χ0v) is 11.2. The van der Waals surface area contributed by atoms with Gasteiger partial charge in [0.05, 0.1) is 5.25 Å². The van der Waals surface area contributed by atoms with Crippen molar-refractivity contribution in [2.45, 2.75) is 70.0 Å². The third-order valence-electron chi connectivity index (χ3n) is 3.05. The van der Waals surface area contributed by atoms with E-state index in [0.717, 1.165) is 25.7 Å². The molecule has 0 radical (unpaired) electrons. The molecular weight excluding hydrogens is 222 g/mol. The van der Waals surface area contributed by atoms with Gasteiger partial charge in [0.2, 0.25) is 10.0 Å². The van der Waals surface area contributed by atoms with Gasteiger partial charge in [-0.15, -0.1) is 0 Å². The van der Waals surface area contributed by atoms with Gasteiger partial charge in [-0.05, 0) is 19.3 Å². The lowest BCUT2D eigenvalue weighted by atomic mass is 10.1. The van der Waals surface area contributed by atoms with Crippen molar-refractivity contribution in [2.75, 3.05) is 6.54 Å². The van der Waals surface area contributed by atoms with Gasteiger partial charge in [-0.1, -0.05) is 45.4 Å². The normalized spacial score (nSPS) is 16.6. The van der Waals surface area contributed by atoms with Crippen LogP contribution in [-0.4, -0.2) is 20.2 Å². The molecule has 16 heavy (non-hydrogen) atoms.